The number of benzene rings is 2. The molecule has 0 saturated heterocycles. The zero-order valence-electron chi connectivity index (χ0n) is 28.1. The number of carbonyl (C=O) groups excluding carboxylic acids is 3. The lowest BCUT2D eigenvalue weighted by atomic mass is 10.0. The molecule has 1 aliphatic heterocycles. The minimum absolute atomic E-state index is 0.0358. The quantitative estimate of drug-likeness (QED) is 0.105. The van der Waals surface area contributed by atoms with E-state index in [4.69, 9.17) is 11.6 Å². The molecule has 0 bridgehead atoms. The van der Waals surface area contributed by atoms with Gasteiger partial charge in [-0.3, -0.25) is 19.2 Å². The summed E-state index contributed by atoms with van der Waals surface area (Å²) in [6.07, 6.45) is 10.5. The van der Waals surface area contributed by atoms with Crippen molar-refractivity contribution < 1.29 is 14.4 Å². The summed E-state index contributed by atoms with van der Waals surface area (Å²) >= 11 is 5.85. The Morgan fingerprint density at radius 2 is 1.82 bits per heavy atom. The number of hydrogen-bond donors (Lipinski definition) is 4. The number of rotatable bonds is 12. The molecule has 0 unspecified atom stereocenters. The highest BCUT2D eigenvalue weighted by atomic mass is 35.5. The fourth-order valence-corrected chi connectivity index (χ4v) is 5.70. The van der Waals surface area contributed by atoms with Gasteiger partial charge in [0, 0.05) is 60.7 Å². The van der Waals surface area contributed by atoms with E-state index in [-0.39, 0.29) is 30.5 Å². The lowest BCUT2D eigenvalue weighted by molar-refractivity contribution is -0.110. The largest absolute Gasteiger partial charge is 0.361 e. The number of likely N-dealkylation sites (N-methyl/N-ethyl adjacent to an activating group) is 1. The number of carbonyl (C=O) groups is 3. The molecular weight excluding hydrogens is 666 g/mol. The van der Waals surface area contributed by atoms with Gasteiger partial charge in [-0.2, -0.15) is 0 Å². The van der Waals surface area contributed by atoms with Crippen LogP contribution in [0.15, 0.2) is 102 Å². The van der Waals surface area contributed by atoms with E-state index < -0.39 is 11.5 Å². The normalized spacial score (nSPS) is 13.1. The van der Waals surface area contributed by atoms with Crippen LogP contribution in [0.5, 0.6) is 0 Å². The number of amides is 3. The van der Waals surface area contributed by atoms with Crippen LogP contribution in [0.25, 0.3) is 28.9 Å². The second-order valence-electron chi connectivity index (χ2n) is 12.3. The topological polar surface area (TPSA) is 141 Å². The number of fused-ring (bicyclic) bond motifs is 1. The molecule has 3 aromatic heterocycles. The summed E-state index contributed by atoms with van der Waals surface area (Å²) in [7, 11) is 3.91. The van der Waals surface area contributed by atoms with Gasteiger partial charge < -0.3 is 30.4 Å². The highest BCUT2D eigenvalue weighted by Crippen LogP contribution is 2.34. The first-order chi connectivity index (χ1) is 24.6. The van der Waals surface area contributed by atoms with Gasteiger partial charge in [-0.1, -0.05) is 54.1 Å². The number of aromatic nitrogens is 3. The molecule has 4 heterocycles. The number of nitrogens with zero attached hydrogens (tertiary/aromatic N) is 3. The minimum atomic E-state index is -0.481. The van der Waals surface area contributed by atoms with Crippen molar-refractivity contribution in [2.45, 2.75) is 6.54 Å². The van der Waals surface area contributed by atoms with Crippen molar-refractivity contribution in [3.05, 3.63) is 146 Å². The monoisotopic (exact) mass is 701 g/mol. The number of pyridine rings is 2. The third-order valence-corrected chi connectivity index (χ3v) is 8.46. The van der Waals surface area contributed by atoms with Crippen LogP contribution in [0.4, 0.5) is 5.69 Å². The van der Waals surface area contributed by atoms with Gasteiger partial charge in [0.25, 0.3) is 23.3 Å². The van der Waals surface area contributed by atoms with Crippen LogP contribution in [0.3, 0.4) is 0 Å². The number of H-pyrrole nitrogens is 1. The van der Waals surface area contributed by atoms with Gasteiger partial charge in [-0.25, -0.2) is 4.98 Å². The fourth-order valence-electron chi connectivity index (χ4n) is 5.58. The van der Waals surface area contributed by atoms with Crippen LogP contribution < -0.4 is 21.5 Å². The predicted molar refractivity (Wildman–Crippen MR) is 200 cm³/mol. The molecule has 0 fully saturated rings. The summed E-state index contributed by atoms with van der Waals surface area (Å²) in [5, 5.41) is 8.99. The van der Waals surface area contributed by atoms with Crippen molar-refractivity contribution in [2.24, 2.45) is 0 Å². The van der Waals surface area contributed by atoms with Crippen LogP contribution in [-0.2, 0) is 11.3 Å². The second-order valence-corrected chi connectivity index (χ2v) is 12.6. The maximum absolute atomic E-state index is 13.0. The standard InChI is InChI=1S/C39H36ClN7O4/c1-46(2)17-15-42-36(48)28-8-3-7-27(19-28)29-20-30(43-23-29)21-33-31-12-10-25(18-34(31)45-38(33)50)6-4-14-41-37(49)32-9-5-16-47(39(32)51)24-26-11-13-35(40)44-22-26/h3-13,16,18-23,43H,14-15,17,24H2,1-2H3,(H,41,49)(H,42,48)(H,45,50). The Hall–Kier alpha value is -6.04. The first-order valence-corrected chi connectivity index (χ1v) is 16.7. The van der Waals surface area contributed by atoms with Crippen molar-refractivity contribution >= 4 is 52.7 Å². The summed E-state index contributed by atoms with van der Waals surface area (Å²) < 4.78 is 1.45. The molecule has 2 aromatic carbocycles. The lowest BCUT2D eigenvalue weighted by Gasteiger charge is -2.10. The van der Waals surface area contributed by atoms with Crippen LogP contribution in [0.1, 0.15) is 43.1 Å². The Morgan fingerprint density at radius 3 is 2.63 bits per heavy atom. The minimum Gasteiger partial charge on any atom is -0.361 e. The number of anilines is 1. The van der Waals surface area contributed by atoms with Crippen molar-refractivity contribution in [1.82, 2.24) is 30.1 Å². The molecule has 0 aliphatic carbocycles. The molecule has 258 valence electrons. The van der Waals surface area contributed by atoms with E-state index in [0.29, 0.717) is 28.5 Å². The van der Waals surface area contributed by atoms with E-state index in [1.165, 1.54) is 10.6 Å². The van der Waals surface area contributed by atoms with Gasteiger partial charge in [0.2, 0.25) is 0 Å². The zero-order chi connectivity index (χ0) is 35.9. The highest BCUT2D eigenvalue weighted by Gasteiger charge is 2.24. The number of halogens is 1. The zero-order valence-corrected chi connectivity index (χ0v) is 28.8. The maximum Gasteiger partial charge on any atom is 0.263 e. The average molecular weight is 702 g/mol. The highest BCUT2D eigenvalue weighted by molar-refractivity contribution is 6.35. The van der Waals surface area contributed by atoms with E-state index in [2.05, 4.69) is 25.9 Å². The number of aromatic amines is 1. The van der Waals surface area contributed by atoms with E-state index >= 15 is 0 Å². The second kappa shape index (κ2) is 15.7. The third-order valence-electron chi connectivity index (χ3n) is 8.23. The Kier molecular flexibility index (Phi) is 10.7. The van der Waals surface area contributed by atoms with E-state index in [0.717, 1.165) is 40.1 Å². The molecule has 6 rings (SSSR count). The summed E-state index contributed by atoms with van der Waals surface area (Å²) in [4.78, 5) is 60.6. The Labute approximate surface area is 299 Å². The van der Waals surface area contributed by atoms with Crippen LogP contribution in [0, 0.1) is 0 Å². The van der Waals surface area contributed by atoms with Crippen LogP contribution >= 0.6 is 11.6 Å². The molecule has 0 spiro atoms. The molecular formula is C39H36ClN7O4. The Bertz CT molecular complexity index is 2220. The molecule has 5 aromatic rings. The van der Waals surface area contributed by atoms with E-state index in [9.17, 15) is 19.2 Å². The average Bonchev–Trinajstić information content (AvgIpc) is 3.72. The third kappa shape index (κ3) is 8.58. The Balaban J connectivity index is 1.07. The van der Waals surface area contributed by atoms with E-state index in [1.54, 1.807) is 48.8 Å². The first kappa shape index (κ1) is 34.8. The number of hydrogen-bond acceptors (Lipinski definition) is 6. The fraction of sp³-hybridized carbons (Fsp3) is 0.154. The molecule has 0 saturated carbocycles. The van der Waals surface area contributed by atoms with Crippen molar-refractivity contribution in [3.8, 4) is 11.1 Å². The van der Waals surface area contributed by atoms with Crippen LogP contribution in [0.2, 0.25) is 5.15 Å². The Morgan fingerprint density at radius 1 is 0.961 bits per heavy atom. The smallest absolute Gasteiger partial charge is 0.263 e. The summed E-state index contributed by atoms with van der Waals surface area (Å²) in [6, 6.07) is 21.6. The molecule has 11 nitrogen and oxygen atoms in total. The SMILES string of the molecule is CN(C)CCNC(=O)c1cccc(-c2c[nH]c(C=C3C(=O)Nc4cc(C=CCNC(=O)c5cccn(Cc6ccc(Cl)nc6)c5=O)ccc43)c2)c1. The van der Waals surface area contributed by atoms with Crippen molar-refractivity contribution in [1.29, 1.82) is 0 Å². The van der Waals surface area contributed by atoms with Gasteiger partial charge in [0.15, 0.2) is 0 Å². The van der Waals surface area contributed by atoms with Gasteiger partial charge in [-0.15, -0.1) is 0 Å². The van der Waals surface area contributed by atoms with Gasteiger partial charge in [0.05, 0.1) is 12.1 Å². The molecule has 4 N–H and O–H groups in total. The molecule has 0 radical (unpaired) electrons. The molecule has 12 heteroatoms. The van der Waals surface area contributed by atoms with Gasteiger partial charge in [-0.05, 0) is 84.9 Å². The van der Waals surface area contributed by atoms with Crippen LogP contribution in [-0.4, -0.2) is 70.9 Å². The summed E-state index contributed by atoms with van der Waals surface area (Å²) in [5.74, 6) is -0.824. The molecule has 1 aliphatic rings. The van der Waals surface area contributed by atoms with Gasteiger partial charge in [0.1, 0.15) is 10.7 Å². The van der Waals surface area contributed by atoms with E-state index in [1.807, 2.05) is 73.7 Å². The summed E-state index contributed by atoms with van der Waals surface area (Å²) in [5.41, 5.74) is 6.31. The lowest BCUT2D eigenvalue weighted by Crippen LogP contribution is -2.33. The van der Waals surface area contributed by atoms with Crippen molar-refractivity contribution in [3.63, 3.8) is 0 Å². The predicted octanol–water partition coefficient (Wildman–Crippen LogP) is 5.17. The summed E-state index contributed by atoms with van der Waals surface area (Å²) in [6.45, 7) is 1.77. The molecule has 51 heavy (non-hydrogen) atoms. The van der Waals surface area contributed by atoms with Crippen molar-refractivity contribution in [2.75, 3.05) is 39.0 Å². The molecule has 0 atom stereocenters. The molecule has 3 amide bonds. The maximum atomic E-state index is 13.0. The first-order valence-electron chi connectivity index (χ1n) is 16.3. The van der Waals surface area contributed by atoms with Gasteiger partial charge >= 0.3 is 0 Å². The number of nitrogens with one attached hydrogen (secondary N) is 4.